The second-order valence-corrected chi connectivity index (χ2v) is 11.3. The first kappa shape index (κ1) is 17.3. The molecule has 0 aliphatic carbocycles. The van der Waals surface area contributed by atoms with Crippen molar-refractivity contribution in [2.45, 2.75) is 0 Å². The van der Waals surface area contributed by atoms with Gasteiger partial charge >= 0.3 is 0 Å². The molecule has 2 aromatic rings. The Morgan fingerprint density at radius 3 is 0.955 bits per heavy atom. The van der Waals surface area contributed by atoms with Crippen molar-refractivity contribution in [3.8, 4) is 23.0 Å². The second-order valence-electron chi connectivity index (χ2n) is 4.01. The first-order valence-corrected chi connectivity index (χ1v) is 10.8. The van der Waals surface area contributed by atoms with Gasteiger partial charge in [-0.3, -0.25) is 0 Å². The van der Waals surface area contributed by atoms with E-state index in [0.717, 1.165) is 38.1 Å². The largest absolute Gasteiger partial charge is 0.484 e. The third-order valence-corrected chi connectivity index (χ3v) is 7.48. The molecular formula is C12H8Br4O4S2. The van der Waals surface area contributed by atoms with Crippen LogP contribution in [0.25, 0.3) is 0 Å². The fraction of sp³-hybridized carbons (Fsp3) is 0.333. The zero-order valence-electron chi connectivity index (χ0n) is 10.8. The molecule has 10 heteroatoms. The number of thiophene rings is 2. The molecular weight excluding hydrogens is 592 g/mol. The van der Waals surface area contributed by atoms with Crippen LogP contribution in [-0.2, 0) is 0 Å². The van der Waals surface area contributed by atoms with Gasteiger partial charge in [0.25, 0.3) is 0 Å². The van der Waals surface area contributed by atoms with Crippen LogP contribution in [0.3, 0.4) is 0 Å². The molecule has 0 unspecified atom stereocenters. The molecule has 2 aliphatic heterocycles. The van der Waals surface area contributed by atoms with Gasteiger partial charge in [-0.15, -0.1) is 22.7 Å². The maximum Gasteiger partial charge on any atom is 0.187 e. The van der Waals surface area contributed by atoms with E-state index < -0.39 is 0 Å². The van der Waals surface area contributed by atoms with E-state index in [0.29, 0.717) is 26.4 Å². The minimum Gasteiger partial charge on any atom is -0.484 e. The van der Waals surface area contributed by atoms with Crippen molar-refractivity contribution in [2.75, 3.05) is 26.4 Å². The molecule has 0 amide bonds. The van der Waals surface area contributed by atoms with Gasteiger partial charge in [-0.2, -0.15) is 0 Å². The molecule has 4 nitrogen and oxygen atoms in total. The molecule has 0 saturated heterocycles. The van der Waals surface area contributed by atoms with E-state index in [2.05, 4.69) is 63.7 Å². The fourth-order valence-corrected chi connectivity index (χ4v) is 7.48. The zero-order valence-corrected chi connectivity index (χ0v) is 18.8. The highest BCUT2D eigenvalue weighted by Gasteiger charge is 2.22. The molecule has 0 atom stereocenters. The molecule has 22 heavy (non-hydrogen) atoms. The fourth-order valence-electron chi connectivity index (χ4n) is 1.76. The highest BCUT2D eigenvalue weighted by molar-refractivity contribution is 9.12. The van der Waals surface area contributed by atoms with E-state index in [9.17, 15) is 0 Å². The van der Waals surface area contributed by atoms with Crippen molar-refractivity contribution in [1.82, 2.24) is 0 Å². The van der Waals surface area contributed by atoms with E-state index in [1.807, 2.05) is 0 Å². The lowest BCUT2D eigenvalue weighted by Crippen LogP contribution is -2.14. The Kier molecular flexibility index (Phi) is 6.00. The van der Waals surface area contributed by atoms with Gasteiger partial charge in [0.2, 0.25) is 0 Å². The van der Waals surface area contributed by atoms with Gasteiger partial charge in [0, 0.05) is 0 Å². The van der Waals surface area contributed by atoms with E-state index >= 15 is 0 Å². The van der Waals surface area contributed by atoms with Crippen LogP contribution in [-0.4, -0.2) is 26.4 Å². The average Bonchev–Trinajstić information content (AvgIpc) is 2.99. The summed E-state index contributed by atoms with van der Waals surface area (Å²) in [6, 6.07) is 0. The molecule has 4 rings (SSSR count). The van der Waals surface area contributed by atoms with Crippen LogP contribution in [0.15, 0.2) is 15.1 Å². The van der Waals surface area contributed by atoms with Crippen LogP contribution in [0.4, 0.5) is 0 Å². The molecule has 0 saturated carbocycles. The second kappa shape index (κ2) is 7.60. The van der Waals surface area contributed by atoms with Gasteiger partial charge in [0.05, 0.1) is 0 Å². The molecule has 2 aromatic heterocycles. The van der Waals surface area contributed by atoms with Crippen LogP contribution >= 0.6 is 86.4 Å². The lowest BCUT2D eigenvalue weighted by molar-refractivity contribution is 0.171. The standard InChI is InChI=1S/2C6H4Br2O2S/c2*7-5-3-4(6(8)11-5)10-2-1-9-3/h2*1-2H2. The van der Waals surface area contributed by atoms with Gasteiger partial charge < -0.3 is 18.9 Å². The Hall–Kier alpha value is 0.520. The van der Waals surface area contributed by atoms with Crippen molar-refractivity contribution in [1.29, 1.82) is 0 Å². The van der Waals surface area contributed by atoms with E-state index in [1.165, 1.54) is 0 Å². The first-order valence-electron chi connectivity index (χ1n) is 6.04. The van der Waals surface area contributed by atoms with Crippen LogP contribution in [0.1, 0.15) is 0 Å². The molecule has 0 N–H and O–H groups in total. The Morgan fingerprint density at radius 2 is 0.727 bits per heavy atom. The summed E-state index contributed by atoms with van der Waals surface area (Å²) in [7, 11) is 0. The maximum absolute atomic E-state index is 5.38. The van der Waals surface area contributed by atoms with E-state index in [-0.39, 0.29) is 0 Å². The Bertz CT molecular complexity index is 574. The molecule has 0 radical (unpaired) electrons. The Morgan fingerprint density at radius 1 is 0.500 bits per heavy atom. The number of hydrogen-bond donors (Lipinski definition) is 0. The summed E-state index contributed by atoms with van der Waals surface area (Å²) in [5.74, 6) is 3.31. The van der Waals surface area contributed by atoms with Crippen LogP contribution < -0.4 is 18.9 Å². The van der Waals surface area contributed by atoms with Crippen LogP contribution in [0.5, 0.6) is 23.0 Å². The Balaban J connectivity index is 0.000000131. The highest BCUT2D eigenvalue weighted by atomic mass is 79.9. The minimum absolute atomic E-state index is 0.634. The normalized spacial score (nSPS) is 15.1. The summed E-state index contributed by atoms with van der Waals surface area (Å²) >= 11 is 16.7. The van der Waals surface area contributed by atoms with Crippen molar-refractivity contribution in [3.05, 3.63) is 15.1 Å². The minimum atomic E-state index is 0.634. The van der Waals surface area contributed by atoms with Gasteiger partial charge in [-0.1, -0.05) is 0 Å². The highest BCUT2D eigenvalue weighted by Crippen LogP contribution is 2.50. The number of ether oxygens (including phenoxy) is 4. The topological polar surface area (TPSA) is 36.9 Å². The lowest BCUT2D eigenvalue weighted by atomic mass is 10.5. The van der Waals surface area contributed by atoms with Crippen molar-refractivity contribution in [2.24, 2.45) is 0 Å². The summed E-state index contributed by atoms with van der Waals surface area (Å²) in [6.07, 6.45) is 0. The molecule has 0 aromatic carbocycles. The molecule has 0 fully saturated rings. The molecule has 120 valence electrons. The third kappa shape index (κ3) is 3.61. The monoisotopic (exact) mass is 596 g/mol. The summed E-state index contributed by atoms with van der Waals surface area (Å²) in [6.45, 7) is 2.53. The predicted molar refractivity (Wildman–Crippen MR) is 101 cm³/mol. The quantitative estimate of drug-likeness (QED) is 0.367. The van der Waals surface area contributed by atoms with Crippen LogP contribution in [0.2, 0.25) is 0 Å². The zero-order chi connectivity index (χ0) is 15.7. The van der Waals surface area contributed by atoms with Gasteiger partial charge in [0.1, 0.15) is 41.6 Å². The molecule has 0 spiro atoms. The van der Waals surface area contributed by atoms with E-state index in [4.69, 9.17) is 18.9 Å². The first-order chi connectivity index (χ1) is 10.6. The van der Waals surface area contributed by atoms with Crippen molar-refractivity contribution < 1.29 is 18.9 Å². The number of rotatable bonds is 0. The van der Waals surface area contributed by atoms with E-state index in [1.54, 1.807) is 22.7 Å². The Labute approximate surface area is 168 Å². The molecule has 0 bridgehead atoms. The number of fused-ring (bicyclic) bond motifs is 2. The SMILES string of the molecule is Brc1sc(Br)c2c1OCCO2.Brc1sc(Br)c2c1OCCO2. The van der Waals surface area contributed by atoms with Gasteiger partial charge in [0.15, 0.2) is 23.0 Å². The average molecular weight is 600 g/mol. The third-order valence-electron chi connectivity index (χ3n) is 2.64. The predicted octanol–water partition coefficient (Wildman–Crippen LogP) is 6.09. The molecule has 4 heterocycles. The lowest BCUT2D eigenvalue weighted by Gasteiger charge is -2.15. The summed E-state index contributed by atoms with van der Waals surface area (Å²) in [5, 5.41) is 0. The number of halogens is 4. The van der Waals surface area contributed by atoms with Crippen molar-refractivity contribution in [3.63, 3.8) is 0 Å². The number of hydrogen-bond acceptors (Lipinski definition) is 6. The maximum atomic E-state index is 5.38. The van der Waals surface area contributed by atoms with Gasteiger partial charge in [-0.05, 0) is 63.7 Å². The smallest absolute Gasteiger partial charge is 0.187 e. The van der Waals surface area contributed by atoms with Crippen LogP contribution in [0, 0.1) is 0 Å². The molecule has 2 aliphatic rings. The summed E-state index contributed by atoms with van der Waals surface area (Å²) < 4.78 is 25.5. The summed E-state index contributed by atoms with van der Waals surface area (Å²) in [4.78, 5) is 0. The van der Waals surface area contributed by atoms with Gasteiger partial charge in [-0.25, -0.2) is 0 Å². The van der Waals surface area contributed by atoms with Crippen molar-refractivity contribution >= 4 is 86.4 Å². The summed E-state index contributed by atoms with van der Waals surface area (Å²) in [5.41, 5.74) is 0.